The summed E-state index contributed by atoms with van der Waals surface area (Å²) in [4.78, 5) is 11.5. The summed E-state index contributed by atoms with van der Waals surface area (Å²) in [5.41, 5.74) is 0.838. The van der Waals surface area contributed by atoms with Crippen molar-refractivity contribution in [2.24, 2.45) is 0 Å². The molecular formula is C14H16ClNO3. The van der Waals surface area contributed by atoms with Crippen molar-refractivity contribution in [3.63, 3.8) is 0 Å². The molecule has 5 heteroatoms. The van der Waals surface area contributed by atoms with Crippen LogP contribution in [0.5, 0.6) is 0 Å². The number of anilines is 1. The number of halogens is 1. The second kappa shape index (κ2) is 6.97. The van der Waals surface area contributed by atoms with Gasteiger partial charge in [0.15, 0.2) is 0 Å². The van der Waals surface area contributed by atoms with Crippen LogP contribution in [0.3, 0.4) is 0 Å². The number of rotatable bonds is 4. The average Bonchev–Trinajstić information content (AvgIpc) is 2.44. The highest BCUT2D eigenvalue weighted by molar-refractivity contribution is 5.95. The predicted molar refractivity (Wildman–Crippen MR) is 77.6 cm³/mol. The van der Waals surface area contributed by atoms with Crippen molar-refractivity contribution in [1.29, 1.82) is 0 Å². The summed E-state index contributed by atoms with van der Waals surface area (Å²) in [6.07, 6.45) is -0.805. The lowest BCUT2D eigenvalue weighted by Crippen LogP contribution is -2.32. The van der Waals surface area contributed by atoms with Crippen LogP contribution >= 0.6 is 12.4 Å². The van der Waals surface area contributed by atoms with Gasteiger partial charge in [-0.2, -0.15) is 0 Å². The quantitative estimate of drug-likeness (QED) is 0.691. The van der Waals surface area contributed by atoms with Crippen LogP contribution in [-0.2, 0) is 14.3 Å². The third-order valence-corrected chi connectivity index (χ3v) is 2.73. The molecule has 2 rings (SSSR count). The van der Waals surface area contributed by atoms with Gasteiger partial charge in [0, 0.05) is 18.2 Å². The minimum atomic E-state index is -0.805. The SMILES string of the molecule is COC(=O)[C@@H](Nc1cccc2ccccc12)OC.Cl. The highest BCUT2D eigenvalue weighted by atomic mass is 35.5. The second-order valence-electron chi connectivity index (χ2n) is 3.81. The van der Waals surface area contributed by atoms with Gasteiger partial charge in [0.05, 0.1) is 7.11 Å². The summed E-state index contributed by atoms with van der Waals surface area (Å²) >= 11 is 0. The van der Waals surface area contributed by atoms with Gasteiger partial charge in [0.25, 0.3) is 0 Å². The number of ether oxygens (including phenoxy) is 2. The van der Waals surface area contributed by atoms with Crippen molar-refractivity contribution in [2.45, 2.75) is 6.23 Å². The van der Waals surface area contributed by atoms with Crippen molar-refractivity contribution in [3.8, 4) is 0 Å². The fourth-order valence-corrected chi connectivity index (χ4v) is 1.81. The molecule has 102 valence electrons. The molecule has 1 N–H and O–H groups in total. The molecule has 4 nitrogen and oxygen atoms in total. The number of fused-ring (bicyclic) bond motifs is 1. The Morgan fingerprint density at radius 1 is 1.11 bits per heavy atom. The van der Waals surface area contributed by atoms with E-state index in [1.54, 1.807) is 0 Å². The van der Waals surface area contributed by atoms with Gasteiger partial charge >= 0.3 is 5.97 Å². The van der Waals surface area contributed by atoms with Crippen molar-refractivity contribution in [2.75, 3.05) is 19.5 Å². The van der Waals surface area contributed by atoms with E-state index in [0.29, 0.717) is 0 Å². The average molecular weight is 282 g/mol. The largest absolute Gasteiger partial charge is 0.466 e. The first-order valence-electron chi connectivity index (χ1n) is 5.61. The molecule has 0 fully saturated rings. The number of carbonyl (C=O) groups excluding carboxylic acids is 1. The molecule has 0 aliphatic rings. The predicted octanol–water partition coefficient (Wildman–Crippen LogP) is 2.82. The molecule has 0 saturated carbocycles. The number of methoxy groups -OCH3 is 2. The maximum atomic E-state index is 11.5. The van der Waals surface area contributed by atoms with Crippen LogP contribution in [0.2, 0.25) is 0 Å². The van der Waals surface area contributed by atoms with E-state index in [4.69, 9.17) is 4.74 Å². The smallest absolute Gasteiger partial charge is 0.356 e. The number of benzene rings is 2. The fraction of sp³-hybridized carbons (Fsp3) is 0.214. The number of hydrogen-bond acceptors (Lipinski definition) is 4. The van der Waals surface area contributed by atoms with Crippen LogP contribution in [0, 0.1) is 0 Å². The van der Waals surface area contributed by atoms with E-state index in [-0.39, 0.29) is 12.4 Å². The Labute approximate surface area is 118 Å². The van der Waals surface area contributed by atoms with Gasteiger partial charge in [-0.25, -0.2) is 4.79 Å². The third kappa shape index (κ3) is 3.36. The van der Waals surface area contributed by atoms with E-state index in [1.165, 1.54) is 14.2 Å². The molecule has 0 aliphatic heterocycles. The van der Waals surface area contributed by atoms with Gasteiger partial charge in [0.2, 0.25) is 6.23 Å². The molecular weight excluding hydrogens is 266 g/mol. The van der Waals surface area contributed by atoms with Crippen molar-refractivity contribution in [1.82, 2.24) is 0 Å². The van der Waals surface area contributed by atoms with Gasteiger partial charge < -0.3 is 14.8 Å². The summed E-state index contributed by atoms with van der Waals surface area (Å²) in [6.45, 7) is 0. The zero-order valence-corrected chi connectivity index (χ0v) is 11.6. The zero-order valence-electron chi connectivity index (χ0n) is 10.8. The Bertz CT molecular complexity index is 554. The highest BCUT2D eigenvalue weighted by Crippen LogP contribution is 2.23. The Balaban J connectivity index is 0.00000180. The van der Waals surface area contributed by atoms with E-state index in [2.05, 4.69) is 10.1 Å². The van der Waals surface area contributed by atoms with E-state index < -0.39 is 12.2 Å². The number of nitrogens with one attached hydrogen (secondary N) is 1. The summed E-state index contributed by atoms with van der Waals surface area (Å²) in [5.74, 6) is -0.453. The minimum absolute atomic E-state index is 0. The van der Waals surface area contributed by atoms with Crippen molar-refractivity contribution < 1.29 is 14.3 Å². The van der Waals surface area contributed by atoms with E-state index in [1.807, 2.05) is 42.5 Å². The summed E-state index contributed by atoms with van der Waals surface area (Å²) in [5, 5.41) is 5.16. The molecule has 0 bridgehead atoms. The van der Waals surface area contributed by atoms with E-state index in [9.17, 15) is 4.79 Å². The van der Waals surface area contributed by atoms with E-state index in [0.717, 1.165) is 16.5 Å². The number of esters is 1. The normalized spacial score (nSPS) is 11.5. The highest BCUT2D eigenvalue weighted by Gasteiger charge is 2.18. The topological polar surface area (TPSA) is 47.6 Å². The van der Waals surface area contributed by atoms with Crippen LogP contribution in [0.15, 0.2) is 42.5 Å². The second-order valence-corrected chi connectivity index (χ2v) is 3.81. The lowest BCUT2D eigenvalue weighted by atomic mass is 10.1. The van der Waals surface area contributed by atoms with Crippen molar-refractivity contribution >= 4 is 34.8 Å². The molecule has 0 unspecified atom stereocenters. The lowest BCUT2D eigenvalue weighted by molar-refractivity contribution is -0.150. The maximum Gasteiger partial charge on any atom is 0.356 e. The molecule has 0 amide bonds. The maximum absolute atomic E-state index is 11.5. The Hall–Kier alpha value is -1.78. The van der Waals surface area contributed by atoms with Crippen molar-refractivity contribution in [3.05, 3.63) is 42.5 Å². The number of carbonyl (C=O) groups is 1. The monoisotopic (exact) mass is 281 g/mol. The zero-order chi connectivity index (χ0) is 13.0. The van der Waals surface area contributed by atoms with Gasteiger partial charge in [-0.05, 0) is 11.5 Å². The third-order valence-electron chi connectivity index (χ3n) is 2.73. The molecule has 19 heavy (non-hydrogen) atoms. The van der Waals surface area contributed by atoms with Gasteiger partial charge in [-0.3, -0.25) is 0 Å². The molecule has 0 radical (unpaired) electrons. The van der Waals surface area contributed by atoms with Crippen LogP contribution in [0.4, 0.5) is 5.69 Å². The van der Waals surface area contributed by atoms with Gasteiger partial charge in [-0.1, -0.05) is 36.4 Å². The Kier molecular flexibility index (Phi) is 5.60. The molecule has 0 spiro atoms. The van der Waals surface area contributed by atoms with Crippen LogP contribution in [0.25, 0.3) is 10.8 Å². The molecule has 0 aliphatic carbocycles. The van der Waals surface area contributed by atoms with Gasteiger partial charge in [-0.15, -0.1) is 12.4 Å². The van der Waals surface area contributed by atoms with Crippen LogP contribution in [-0.4, -0.2) is 26.4 Å². The first-order chi connectivity index (χ1) is 8.76. The molecule has 2 aromatic carbocycles. The molecule has 2 aromatic rings. The summed E-state index contributed by atoms with van der Waals surface area (Å²) < 4.78 is 9.73. The van der Waals surface area contributed by atoms with Gasteiger partial charge in [0.1, 0.15) is 0 Å². The fourth-order valence-electron chi connectivity index (χ4n) is 1.81. The molecule has 1 atom stereocenters. The molecule has 0 aromatic heterocycles. The molecule has 0 heterocycles. The summed E-state index contributed by atoms with van der Waals surface area (Å²) in [7, 11) is 2.79. The lowest BCUT2D eigenvalue weighted by Gasteiger charge is -2.17. The first-order valence-corrected chi connectivity index (χ1v) is 5.61. The van der Waals surface area contributed by atoms with E-state index >= 15 is 0 Å². The van der Waals surface area contributed by atoms with Crippen LogP contribution in [0.1, 0.15) is 0 Å². The minimum Gasteiger partial charge on any atom is -0.466 e. The Morgan fingerprint density at radius 3 is 2.47 bits per heavy atom. The Morgan fingerprint density at radius 2 is 1.79 bits per heavy atom. The number of hydrogen-bond donors (Lipinski definition) is 1. The molecule has 0 saturated heterocycles. The summed E-state index contributed by atoms with van der Waals surface area (Å²) in [6, 6.07) is 13.8. The first kappa shape index (κ1) is 15.3. The van der Waals surface area contributed by atoms with Crippen LogP contribution < -0.4 is 5.32 Å². The standard InChI is InChI=1S/C14H15NO3.ClH/c1-17-13(14(16)18-2)15-12-9-5-7-10-6-3-4-8-11(10)12;/h3-9,13,15H,1-2H3;1H/t13-;/m0./s1.